The molecule has 0 spiro atoms. The molecule has 0 aliphatic carbocycles. The average Bonchev–Trinajstić information content (AvgIpc) is 2.70. The van der Waals surface area contributed by atoms with Crippen LogP contribution in [0.25, 0.3) is 10.9 Å². The van der Waals surface area contributed by atoms with E-state index in [0.717, 1.165) is 36.4 Å². The van der Waals surface area contributed by atoms with Gasteiger partial charge in [0.1, 0.15) is 0 Å². The summed E-state index contributed by atoms with van der Waals surface area (Å²) in [5.74, 6) is 0.572. The normalized spacial score (nSPS) is 13.1. The van der Waals surface area contributed by atoms with E-state index in [1.54, 1.807) is 7.11 Å². The van der Waals surface area contributed by atoms with Crippen molar-refractivity contribution in [3.63, 3.8) is 0 Å². The molecule has 0 saturated heterocycles. The van der Waals surface area contributed by atoms with Crippen molar-refractivity contribution in [3.05, 3.63) is 23.7 Å². The van der Waals surface area contributed by atoms with Gasteiger partial charge in [0.05, 0.1) is 11.2 Å². The highest BCUT2D eigenvalue weighted by Gasteiger charge is 2.11. The maximum absolute atomic E-state index is 5.11. The molecule has 0 aliphatic heterocycles. The summed E-state index contributed by atoms with van der Waals surface area (Å²) in [5, 5.41) is 8.45. The first-order valence-electron chi connectivity index (χ1n) is 6.00. The Kier molecular flexibility index (Phi) is 3.74. The van der Waals surface area contributed by atoms with Gasteiger partial charge in [-0.3, -0.25) is 10.1 Å². The summed E-state index contributed by atoms with van der Waals surface area (Å²) in [6.45, 7) is 5.08. The van der Waals surface area contributed by atoms with Crippen molar-refractivity contribution in [3.8, 4) is 0 Å². The second kappa shape index (κ2) is 5.27. The summed E-state index contributed by atoms with van der Waals surface area (Å²) in [4.78, 5) is 4.49. The van der Waals surface area contributed by atoms with Crippen LogP contribution in [0.1, 0.15) is 24.7 Å². The third-order valence-corrected chi connectivity index (χ3v) is 3.08. The molecular weight excluding hydrogens is 214 g/mol. The summed E-state index contributed by atoms with van der Waals surface area (Å²) in [5.41, 5.74) is 3.24. The zero-order valence-corrected chi connectivity index (χ0v) is 10.7. The zero-order valence-electron chi connectivity index (χ0n) is 10.7. The van der Waals surface area contributed by atoms with E-state index >= 15 is 0 Å². The van der Waals surface area contributed by atoms with Gasteiger partial charge in [0.15, 0.2) is 0 Å². The van der Waals surface area contributed by atoms with E-state index in [9.17, 15) is 0 Å². The van der Waals surface area contributed by atoms with Crippen molar-refractivity contribution >= 4 is 10.9 Å². The van der Waals surface area contributed by atoms with Gasteiger partial charge < -0.3 is 4.74 Å². The minimum Gasteiger partial charge on any atom is -0.385 e. The highest BCUT2D eigenvalue weighted by molar-refractivity contribution is 5.83. The smallest absolute Gasteiger partial charge is 0.0957 e. The van der Waals surface area contributed by atoms with Gasteiger partial charge >= 0.3 is 0 Å². The number of H-pyrrole nitrogens is 1. The lowest BCUT2D eigenvalue weighted by atomic mass is 9.99. The van der Waals surface area contributed by atoms with Gasteiger partial charge in [0.25, 0.3) is 0 Å². The highest BCUT2D eigenvalue weighted by atomic mass is 16.5. The first kappa shape index (κ1) is 12.0. The van der Waals surface area contributed by atoms with E-state index < -0.39 is 0 Å². The van der Waals surface area contributed by atoms with E-state index in [2.05, 4.69) is 22.1 Å². The van der Waals surface area contributed by atoms with Crippen LogP contribution in [0.15, 0.2) is 12.3 Å². The fraction of sp³-hybridized carbons (Fsp3) is 0.538. The van der Waals surface area contributed by atoms with Gasteiger partial charge in [-0.25, -0.2) is 0 Å². The molecule has 2 aromatic rings. The summed E-state index contributed by atoms with van der Waals surface area (Å²) in [6.07, 6.45) is 3.87. The number of rotatable bonds is 5. The second-order valence-electron chi connectivity index (χ2n) is 4.59. The number of nitrogens with zero attached hydrogens (tertiary/aromatic N) is 2. The third kappa shape index (κ3) is 2.64. The minimum absolute atomic E-state index is 0.572. The topological polar surface area (TPSA) is 50.8 Å². The van der Waals surface area contributed by atoms with Crippen molar-refractivity contribution in [2.24, 2.45) is 5.92 Å². The Labute approximate surface area is 101 Å². The number of ether oxygens (including phenoxy) is 1. The van der Waals surface area contributed by atoms with Crippen LogP contribution in [0, 0.1) is 12.8 Å². The Morgan fingerprint density at radius 3 is 3.06 bits per heavy atom. The number of pyridine rings is 1. The Morgan fingerprint density at radius 1 is 1.47 bits per heavy atom. The maximum Gasteiger partial charge on any atom is 0.0957 e. The lowest BCUT2D eigenvalue weighted by Gasteiger charge is -2.10. The number of nitrogens with one attached hydrogen (secondary N) is 1. The Bertz CT molecular complexity index is 492. The van der Waals surface area contributed by atoms with Gasteiger partial charge in [-0.15, -0.1) is 0 Å². The van der Waals surface area contributed by atoms with Crippen molar-refractivity contribution in [1.29, 1.82) is 0 Å². The number of methoxy groups -OCH3 is 1. The fourth-order valence-electron chi connectivity index (χ4n) is 2.10. The molecule has 4 heteroatoms. The molecule has 17 heavy (non-hydrogen) atoms. The monoisotopic (exact) mass is 233 g/mol. The molecule has 0 saturated carbocycles. The standard InChI is InChI=1S/C13H19N3O/c1-9(5-7-17-3)8-12-13-10(2)15-16-11(13)4-6-14-12/h4,6,9H,5,7-8H2,1-3H3,(H,15,16). The minimum atomic E-state index is 0.572. The second-order valence-corrected chi connectivity index (χ2v) is 4.59. The molecule has 4 nitrogen and oxygen atoms in total. The molecule has 0 fully saturated rings. The molecule has 0 radical (unpaired) electrons. The summed E-state index contributed by atoms with van der Waals surface area (Å²) < 4.78 is 5.11. The lowest BCUT2D eigenvalue weighted by molar-refractivity contribution is 0.180. The largest absolute Gasteiger partial charge is 0.385 e. The lowest BCUT2D eigenvalue weighted by Crippen LogP contribution is -2.05. The van der Waals surface area contributed by atoms with Crippen molar-refractivity contribution in [2.75, 3.05) is 13.7 Å². The van der Waals surface area contributed by atoms with Crippen LogP contribution < -0.4 is 0 Å². The van der Waals surface area contributed by atoms with Crippen LogP contribution in [0.2, 0.25) is 0 Å². The van der Waals surface area contributed by atoms with Crippen LogP contribution >= 0.6 is 0 Å². The number of aromatic amines is 1. The van der Waals surface area contributed by atoms with E-state index in [-0.39, 0.29) is 0 Å². The number of hydrogen-bond donors (Lipinski definition) is 1. The number of hydrogen-bond acceptors (Lipinski definition) is 3. The molecule has 1 atom stereocenters. The van der Waals surface area contributed by atoms with Gasteiger partial charge in [-0.1, -0.05) is 6.92 Å². The van der Waals surface area contributed by atoms with Crippen LogP contribution in [0.5, 0.6) is 0 Å². The third-order valence-electron chi connectivity index (χ3n) is 3.08. The summed E-state index contributed by atoms with van der Waals surface area (Å²) in [7, 11) is 1.74. The van der Waals surface area contributed by atoms with E-state index in [1.807, 2.05) is 19.2 Å². The first-order chi connectivity index (χ1) is 8.22. The molecule has 1 N–H and O–H groups in total. The quantitative estimate of drug-likeness (QED) is 0.863. The molecule has 92 valence electrons. The molecular formula is C13H19N3O. The van der Waals surface area contributed by atoms with Crippen molar-refractivity contribution < 1.29 is 4.74 Å². The molecule has 0 aliphatic rings. The van der Waals surface area contributed by atoms with E-state index in [4.69, 9.17) is 4.74 Å². The first-order valence-corrected chi connectivity index (χ1v) is 6.00. The van der Waals surface area contributed by atoms with Gasteiger partial charge in [-0.05, 0) is 31.7 Å². The molecule has 2 rings (SSSR count). The average molecular weight is 233 g/mol. The van der Waals surface area contributed by atoms with Crippen LogP contribution in [-0.2, 0) is 11.2 Å². The number of fused-ring (bicyclic) bond motifs is 1. The Morgan fingerprint density at radius 2 is 2.29 bits per heavy atom. The van der Waals surface area contributed by atoms with E-state index in [0.29, 0.717) is 5.92 Å². The summed E-state index contributed by atoms with van der Waals surface area (Å²) >= 11 is 0. The van der Waals surface area contributed by atoms with E-state index in [1.165, 1.54) is 5.39 Å². The van der Waals surface area contributed by atoms with Gasteiger partial charge in [-0.2, -0.15) is 5.10 Å². The van der Waals surface area contributed by atoms with Crippen molar-refractivity contribution in [1.82, 2.24) is 15.2 Å². The summed E-state index contributed by atoms with van der Waals surface area (Å²) in [6, 6.07) is 1.95. The number of aryl methyl sites for hydroxylation is 1. The van der Waals surface area contributed by atoms with Crippen LogP contribution in [0.3, 0.4) is 0 Å². The predicted molar refractivity (Wildman–Crippen MR) is 68.0 cm³/mol. The van der Waals surface area contributed by atoms with Crippen LogP contribution in [0.4, 0.5) is 0 Å². The van der Waals surface area contributed by atoms with Gasteiger partial charge in [0.2, 0.25) is 0 Å². The Balaban J connectivity index is 2.20. The molecule has 2 aromatic heterocycles. The predicted octanol–water partition coefficient (Wildman–Crippen LogP) is 2.48. The maximum atomic E-state index is 5.11. The molecule has 1 unspecified atom stereocenters. The molecule has 0 bridgehead atoms. The van der Waals surface area contributed by atoms with Crippen molar-refractivity contribution in [2.45, 2.75) is 26.7 Å². The SMILES string of the molecule is COCCC(C)Cc1nccc2n[nH]c(C)c12. The Hall–Kier alpha value is -1.42. The highest BCUT2D eigenvalue weighted by Crippen LogP contribution is 2.21. The van der Waals surface area contributed by atoms with Crippen LogP contribution in [-0.4, -0.2) is 28.9 Å². The molecule has 0 amide bonds. The fourth-order valence-corrected chi connectivity index (χ4v) is 2.10. The molecule has 2 heterocycles. The zero-order chi connectivity index (χ0) is 12.3. The number of aromatic nitrogens is 3. The molecule has 0 aromatic carbocycles. The van der Waals surface area contributed by atoms with Gasteiger partial charge in [0, 0.05) is 31.0 Å².